The van der Waals surface area contributed by atoms with E-state index in [0.717, 1.165) is 12.0 Å². The number of aryl methyl sites for hydroxylation is 1. The molecule has 0 heterocycles. The van der Waals surface area contributed by atoms with Gasteiger partial charge in [-0.3, -0.25) is 0 Å². The Hall–Kier alpha value is -2.89. The first kappa shape index (κ1) is 18.4. The second-order valence-corrected chi connectivity index (χ2v) is 5.52. The van der Waals surface area contributed by atoms with Crippen LogP contribution in [0.1, 0.15) is 18.1 Å². The number of benzene rings is 2. The molecule has 0 radical (unpaired) electrons. The standard InChI is InChI=1S/C19H21FN2O3/c1-3-14-6-4-5-7-16(14)21-19(24)22-17(18(23)25-2)12-13-8-10-15(20)11-9-13/h4-11,17H,3,12H2,1-2H3,(H2,21,22,24). The minimum Gasteiger partial charge on any atom is -0.467 e. The Morgan fingerprint density at radius 1 is 1.12 bits per heavy atom. The Morgan fingerprint density at radius 3 is 2.44 bits per heavy atom. The number of nitrogens with one attached hydrogen (secondary N) is 2. The lowest BCUT2D eigenvalue weighted by molar-refractivity contribution is -0.142. The molecule has 1 unspecified atom stereocenters. The predicted molar refractivity (Wildman–Crippen MR) is 93.9 cm³/mol. The van der Waals surface area contributed by atoms with Crippen LogP contribution in [0.3, 0.4) is 0 Å². The summed E-state index contributed by atoms with van der Waals surface area (Å²) >= 11 is 0. The summed E-state index contributed by atoms with van der Waals surface area (Å²) < 4.78 is 17.8. The molecule has 0 aliphatic rings. The summed E-state index contributed by atoms with van der Waals surface area (Å²) in [5.41, 5.74) is 2.39. The van der Waals surface area contributed by atoms with E-state index in [-0.39, 0.29) is 12.2 Å². The van der Waals surface area contributed by atoms with Crippen LogP contribution in [0.2, 0.25) is 0 Å². The number of para-hydroxylation sites is 1. The Labute approximate surface area is 146 Å². The van der Waals surface area contributed by atoms with E-state index < -0.39 is 18.0 Å². The molecule has 0 saturated carbocycles. The molecular weight excluding hydrogens is 323 g/mol. The van der Waals surface area contributed by atoms with Gasteiger partial charge in [-0.15, -0.1) is 0 Å². The van der Waals surface area contributed by atoms with E-state index in [0.29, 0.717) is 11.3 Å². The Bertz CT molecular complexity index is 732. The lowest BCUT2D eigenvalue weighted by Gasteiger charge is -2.18. The van der Waals surface area contributed by atoms with Gasteiger partial charge >= 0.3 is 12.0 Å². The third kappa shape index (κ3) is 5.31. The first-order valence-electron chi connectivity index (χ1n) is 8.01. The summed E-state index contributed by atoms with van der Waals surface area (Å²) in [4.78, 5) is 24.2. The molecule has 0 aliphatic carbocycles. The minimum absolute atomic E-state index is 0.204. The van der Waals surface area contributed by atoms with Crippen molar-refractivity contribution in [1.29, 1.82) is 0 Å². The number of halogens is 1. The van der Waals surface area contributed by atoms with E-state index in [9.17, 15) is 14.0 Å². The van der Waals surface area contributed by atoms with Crippen LogP contribution in [-0.4, -0.2) is 25.2 Å². The zero-order chi connectivity index (χ0) is 18.2. The summed E-state index contributed by atoms with van der Waals surface area (Å²) in [6.45, 7) is 1.99. The molecule has 2 aromatic rings. The van der Waals surface area contributed by atoms with Gasteiger partial charge in [-0.25, -0.2) is 14.0 Å². The maximum absolute atomic E-state index is 13.0. The van der Waals surface area contributed by atoms with E-state index in [2.05, 4.69) is 10.6 Å². The highest BCUT2D eigenvalue weighted by atomic mass is 19.1. The molecule has 0 saturated heterocycles. The van der Waals surface area contributed by atoms with E-state index in [4.69, 9.17) is 4.74 Å². The largest absolute Gasteiger partial charge is 0.467 e. The van der Waals surface area contributed by atoms with Gasteiger partial charge in [0.05, 0.1) is 7.11 Å². The number of carbonyl (C=O) groups excluding carboxylic acids is 2. The number of hydrogen-bond acceptors (Lipinski definition) is 3. The van der Waals surface area contributed by atoms with Crippen LogP contribution < -0.4 is 10.6 Å². The molecule has 1 atom stereocenters. The van der Waals surface area contributed by atoms with Crippen LogP contribution in [0.4, 0.5) is 14.9 Å². The highest BCUT2D eigenvalue weighted by Crippen LogP contribution is 2.15. The van der Waals surface area contributed by atoms with Crippen molar-refractivity contribution in [3.05, 3.63) is 65.5 Å². The molecule has 2 N–H and O–H groups in total. The van der Waals surface area contributed by atoms with Gasteiger partial charge in [-0.1, -0.05) is 37.3 Å². The first-order chi connectivity index (χ1) is 12.0. The monoisotopic (exact) mass is 344 g/mol. The number of rotatable bonds is 6. The van der Waals surface area contributed by atoms with Gasteiger partial charge in [0.2, 0.25) is 0 Å². The van der Waals surface area contributed by atoms with Crippen molar-refractivity contribution in [3.63, 3.8) is 0 Å². The Morgan fingerprint density at radius 2 is 1.80 bits per heavy atom. The highest BCUT2D eigenvalue weighted by Gasteiger charge is 2.22. The van der Waals surface area contributed by atoms with Crippen LogP contribution in [0.5, 0.6) is 0 Å². The molecule has 5 nitrogen and oxygen atoms in total. The number of carbonyl (C=O) groups is 2. The van der Waals surface area contributed by atoms with Gasteiger partial charge in [0.15, 0.2) is 0 Å². The van der Waals surface area contributed by atoms with E-state index in [1.54, 1.807) is 18.2 Å². The Kier molecular flexibility index (Phi) is 6.51. The molecule has 0 spiro atoms. The quantitative estimate of drug-likeness (QED) is 0.790. The SMILES string of the molecule is CCc1ccccc1NC(=O)NC(Cc1ccc(F)cc1)C(=O)OC. The average Bonchev–Trinajstić information content (AvgIpc) is 2.62. The number of anilines is 1. The molecule has 2 aromatic carbocycles. The maximum Gasteiger partial charge on any atom is 0.328 e. The lowest BCUT2D eigenvalue weighted by atomic mass is 10.1. The van der Waals surface area contributed by atoms with E-state index in [1.165, 1.54) is 19.2 Å². The third-order valence-electron chi connectivity index (χ3n) is 3.79. The van der Waals surface area contributed by atoms with Crippen LogP contribution in [0, 0.1) is 5.82 Å². The number of urea groups is 1. The topological polar surface area (TPSA) is 67.4 Å². The smallest absolute Gasteiger partial charge is 0.328 e. The van der Waals surface area contributed by atoms with Gasteiger partial charge in [-0.2, -0.15) is 0 Å². The summed E-state index contributed by atoms with van der Waals surface area (Å²) in [6, 6.07) is 11.8. The molecule has 0 bridgehead atoms. The van der Waals surface area contributed by atoms with Gasteiger partial charge in [0.1, 0.15) is 11.9 Å². The van der Waals surface area contributed by atoms with Crippen LogP contribution in [-0.2, 0) is 22.4 Å². The molecular formula is C19H21FN2O3. The number of ether oxygens (including phenoxy) is 1. The zero-order valence-corrected chi connectivity index (χ0v) is 14.2. The lowest BCUT2D eigenvalue weighted by Crippen LogP contribution is -2.45. The number of amides is 2. The maximum atomic E-state index is 13.0. The van der Waals surface area contributed by atoms with Crippen molar-refractivity contribution in [3.8, 4) is 0 Å². The van der Waals surface area contributed by atoms with Crippen molar-refractivity contribution in [2.24, 2.45) is 0 Å². The van der Waals surface area contributed by atoms with Gasteiger partial charge in [0.25, 0.3) is 0 Å². The molecule has 0 aromatic heterocycles. The van der Waals surface area contributed by atoms with E-state index in [1.807, 2.05) is 25.1 Å². The fourth-order valence-corrected chi connectivity index (χ4v) is 2.46. The molecule has 2 rings (SSSR count). The summed E-state index contributed by atoms with van der Waals surface area (Å²) in [5, 5.41) is 5.36. The van der Waals surface area contributed by atoms with Crippen molar-refractivity contribution in [2.45, 2.75) is 25.8 Å². The van der Waals surface area contributed by atoms with Crippen LogP contribution in [0.25, 0.3) is 0 Å². The number of methoxy groups -OCH3 is 1. The third-order valence-corrected chi connectivity index (χ3v) is 3.79. The minimum atomic E-state index is -0.871. The fourth-order valence-electron chi connectivity index (χ4n) is 2.46. The molecule has 2 amide bonds. The first-order valence-corrected chi connectivity index (χ1v) is 8.01. The van der Waals surface area contributed by atoms with Gasteiger partial charge < -0.3 is 15.4 Å². The Balaban J connectivity index is 2.07. The summed E-state index contributed by atoms with van der Waals surface area (Å²) in [7, 11) is 1.26. The van der Waals surface area contributed by atoms with Crippen molar-refractivity contribution < 1.29 is 18.7 Å². The summed E-state index contributed by atoms with van der Waals surface area (Å²) in [6.07, 6.45) is 0.974. The van der Waals surface area contributed by atoms with Crippen molar-refractivity contribution >= 4 is 17.7 Å². The summed E-state index contributed by atoms with van der Waals surface area (Å²) in [5.74, 6) is -0.927. The fraction of sp³-hybridized carbons (Fsp3) is 0.263. The zero-order valence-electron chi connectivity index (χ0n) is 14.2. The highest BCUT2D eigenvalue weighted by molar-refractivity contribution is 5.93. The van der Waals surface area contributed by atoms with Gasteiger partial charge in [0, 0.05) is 12.1 Å². The number of hydrogen-bond donors (Lipinski definition) is 2. The normalized spacial score (nSPS) is 11.5. The number of esters is 1. The van der Waals surface area contributed by atoms with Crippen LogP contribution in [0.15, 0.2) is 48.5 Å². The van der Waals surface area contributed by atoms with Crippen molar-refractivity contribution in [1.82, 2.24) is 5.32 Å². The predicted octanol–water partition coefficient (Wildman–Crippen LogP) is 3.29. The average molecular weight is 344 g/mol. The molecule has 0 fully saturated rings. The molecule has 25 heavy (non-hydrogen) atoms. The molecule has 132 valence electrons. The van der Waals surface area contributed by atoms with Crippen LogP contribution >= 0.6 is 0 Å². The van der Waals surface area contributed by atoms with Crippen molar-refractivity contribution in [2.75, 3.05) is 12.4 Å². The van der Waals surface area contributed by atoms with E-state index >= 15 is 0 Å². The second kappa shape index (κ2) is 8.82. The molecule has 0 aliphatic heterocycles. The molecule has 6 heteroatoms. The second-order valence-electron chi connectivity index (χ2n) is 5.52. The van der Waals surface area contributed by atoms with Gasteiger partial charge in [-0.05, 0) is 35.7 Å².